The zero-order valence-electron chi connectivity index (χ0n) is 19.1. The molecule has 0 radical (unpaired) electrons. The van der Waals surface area contributed by atoms with Crippen molar-refractivity contribution in [2.24, 2.45) is 7.05 Å². The van der Waals surface area contributed by atoms with Crippen LogP contribution in [-0.2, 0) is 12.5 Å². The van der Waals surface area contributed by atoms with Crippen LogP contribution in [0.3, 0.4) is 0 Å². The van der Waals surface area contributed by atoms with Crippen molar-refractivity contribution in [3.05, 3.63) is 114 Å². The highest BCUT2D eigenvalue weighted by Gasteiger charge is 2.18. The summed E-state index contributed by atoms with van der Waals surface area (Å²) in [6.07, 6.45) is 6.34. The number of hydrogen-bond donors (Lipinski definition) is 0. The van der Waals surface area contributed by atoms with Crippen LogP contribution >= 0.6 is 0 Å². The average Bonchev–Trinajstić information content (AvgIpc) is 2.79. The Labute approximate surface area is 190 Å². The van der Waals surface area contributed by atoms with Gasteiger partial charge in [0, 0.05) is 11.6 Å². The van der Waals surface area contributed by atoms with Crippen LogP contribution in [0, 0.1) is 5.82 Å². The summed E-state index contributed by atoms with van der Waals surface area (Å²) in [5.74, 6) is -0.222. The van der Waals surface area contributed by atoms with Crippen molar-refractivity contribution in [1.82, 2.24) is 0 Å². The summed E-state index contributed by atoms with van der Waals surface area (Å²) in [6, 6.07) is 28.0. The number of pyridine rings is 1. The van der Waals surface area contributed by atoms with Crippen LogP contribution in [0.5, 0.6) is 0 Å². The normalized spacial score (nSPS) is 11.8. The first-order chi connectivity index (χ1) is 15.3. The van der Waals surface area contributed by atoms with E-state index >= 15 is 0 Å². The summed E-state index contributed by atoms with van der Waals surface area (Å²) in [5, 5.41) is 0. The maximum absolute atomic E-state index is 13.3. The van der Waals surface area contributed by atoms with Gasteiger partial charge in [0.05, 0.1) is 5.56 Å². The first-order valence-corrected chi connectivity index (χ1v) is 10.9. The Balaban J connectivity index is 1.81. The van der Waals surface area contributed by atoms with E-state index < -0.39 is 0 Å². The molecule has 1 nitrogen and oxygen atoms in total. The van der Waals surface area contributed by atoms with Gasteiger partial charge >= 0.3 is 0 Å². The lowest BCUT2D eigenvalue weighted by molar-refractivity contribution is -0.659. The van der Waals surface area contributed by atoms with Crippen molar-refractivity contribution in [2.45, 2.75) is 26.2 Å². The number of aryl methyl sites for hydroxylation is 1. The molecule has 0 amide bonds. The molecule has 4 rings (SSSR count). The second-order valence-corrected chi connectivity index (χ2v) is 9.22. The van der Waals surface area contributed by atoms with E-state index in [4.69, 9.17) is 0 Å². The summed E-state index contributed by atoms with van der Waals surface area (Å²) in [7, 11) is 2.09. The average molecular weight is 423 g/mol. The van der Waals surface area contributed by atoms with E-state index in [1.807, 2.05) is 12.1 Å². The van der Waals surface area contributed by atoms with Gasteiger partial charge in [0.15, 0.2) is 6.20 Å². The molecule has 0 saturated carbocycles. The molecule has 32 heavy (non-hydrogen) atoms. The highest BCUT2D eigenvalue weighted by Crippen LogP contribution is 2.29. The van der Waals surface area contributed by atoms with Crippen LogP contribution in [-0.4, -0.2) is 0 Å². The Kier molecular flexibility index (Phi) is 6.05. The summed E-state index contributed by atoms with van der Waals surface area (Å²) >= 11 is 0. The van der Waals surface area contributed by atoms with Gasteiger partial charge in [-0.15, -0.1) is 0 Å². The molecule has 3 aromatic carbocycles. The van der Waals surface area contributed by atoms with E-state index in [2.05, 4.69) is 99.3 Å². The fourth-order valence-electron chi connectivity index (χ4n) is 3.85. The van der Waals surface area contributed by atoms with Crippen LogP contribution in [0.1, 0.15) is 37.5 Å². The number of aromatic nitrogens is 1. The van der Waals surface area contributed by atoms with Gasteiger partial charge in [-0.05, 0) is 51.9 Å². The summed E-state index contributed by atoms with van der Waals surface area (Å²) < 4.78 is 15.5. The van der Waals surface area contributed by atoms with E-state index in [9.17, 15) is 4.39 Å². The highest BCUT2D eigenvalue weighted by atomic mass is 19.1. The molecule has 2 heteroatoms. The van der Waals surface area contributed by atoms with Gasteiger partial charge < -0.3 is 0 Å². The molecule has 0 N–H and O–H groups in total. The van der Waals surface area contributed by atoms with Crippen LogP contribution in [0.2, 0.25) is 0 Å². The third kappa shape index (κ3) is 4.86. The lowest BCUT2D eigenvalue weighted by atomic mass is 9.86. The maximum atomic E-state index is 13.3. The molecule has 160 valence electrons. The minimum Gasteiger partial charge on any atom is -0.207 e. The Hall–Kier alpha value is -3.52. The number of benzene rings is 3. The van der Waals surface area contributed by atoms with Gasteiger partial charge in [-0.25, -0.2) is 8.96 Å². The van der Waals surface area contributed by atoms with E-state index in [1.54, 1.807) is 12.1 Å². The summed E-state index contributed by atoms with van der Waals surface area (Å²) in [6.45, 7) is 6.69. The fourth-order valence-corrected chi connectivity index (χ4v) is 3.85. The third-order valence-corrected chi connectivity index (χ3v) is 5.76. The van der Waals surface area contributed by atoms with Crippen molar-refractivity contribution in [3.8, 4) is 22.4 Å². The molecule has 1 heterocycles. The van der Waals surface area contributed by atoms with Gasteiger partial charge in [-0.1, -0.05) is 87.5 Å². The van der Waals surface area contributed by atoms with Crippen LogP contribution in [0.4, 0.5) is 4.39 Å². The molecule has 0 atom stereocenters. The lowest BCUT2D eigenvalue weighted by Crippen LogP contribution is -2.31. The number of nitrogens with zero attached hydrogens (tertiary/aromatic N) is 1. The predicted octanol–water partition coefficient (Wildman–Crippen LogP) is 7.45. The van der Waals surface area contributed by atoms with Gasteiger partial charge in [-0.3, -0.25) is 0 Å². The molecule has 0 aliphatic carbocycles. The topological polar surface area (TPSA) is 3.88 Å². The molecule has 0 unspecified atom stereocenters. The summed E-state index contributed by atoms with van der Waals surface area (Å²) in [5.41, 5.74) is 8.17. The Morgan fingerprint density at radius 1 is 0.750 bits per heavy atom. The molecule has 0 aliphatic heterocycles. The van der Waals surface area contributed by atoms with Crippen molar-refractivity contribution in [3.63, 3.8) is 0 Å². The molecule has 0 bridgehead atoms. The number of hydrogen-bond acceptors (Lipinski definition) is 0. The zero-order chi connectivity index (χ0) is 22.7. The Bertz CT molecular complexity index is 1230. The smallest absolute Gasteiger partial charge is 0.207 e. The quantitative estimate of drug-likeness (QED) is 0.301. The van der Waals surface area contributed by atoms with Crippen molar-refractivity contribution < 1.29 is 8.96 Å². The molecule has 0 spiro atoms. The lowest BCUT2D eigenvalue weighted by Gasteiger charge is -2.19. The monoisotopic (exact) mass is 422 g/mol. The highest BCUT2D eigenvalue weighted by molar-refractivity contribution is 5.81. The second-order valence-electron chi connectivity index (χ2n) is 9.22. The largest absolute Gasteiger partial charge is 0.212 e. The van der Waals surface area contributed by atoms with Crippen molar-refractivity contribution in [1.29, 1.82) is 0 Å². The van der Waals surface area contributed by atoms with E-state index in [0.29, 0.717) is 0 Å². The Morgan fingerprint density at radius 3 is 2.03 bits per heavy atom. The van der Waals surface area contributed by atoms with E-state index in [0.717, 1.165) is 27.9 Å². The van der Waals surface area contributed by atoms with Gasteiger partial charge in [0.1, 0.15) is 12.9 Å². The SMILES string of the molecule is C[n+]1cc(-c2ccccc2)c(/C=C/c2ccc(F)cc2)cc1-c1ccc(C(C)(C)C)cc1. The number of rotatable bonds is 4. The van der Waals surface area contributed by atoms with Gasteiger partial charge in [-0.2, -0.15) is 0 Å². The fraction of sp³-hybridized carbons (Fsp3) is 0.167. The third-order valence-electron chi connectivity index (χ3n) is 5.76. The van der Waals surface area contributed by atoms with Crippen LogP contribution < -0.4 is 4.57 Å². The standard InChI is InChI=1S/C30H29FN/c1-30(2,3)26-16-14-24(15-17-26)29-20-25(13-10-22-11-18-27(31)19-12-22)28(21-32(29)4)23-8-6-5-7-9-23/h5-21H,1-4H3/q+1/b13-10+. The molecule has 0 aliphatic rings. The molecule has 4 aromatic rings. The minimum absolute atomic E-state index is 0.126. The first kappa shape index (κ1) is 21.7. The Morgan fingerprint density at radius 2 is 1.41 bits per heavy atom. The summed E-state index contributed by atoms with van der Waals surface area (Å²) in [4.78, 5) is 0. The maximum Gasteiger partial charge on any atom is 0.212 e. The van der Waals surface area contributed by atoms with Crippen LogP contribution in [0.15, 0.2) is 91.1 Å². The molecule has 0 saturated heterocycles. The van der Waals surface area contributed by atoms with Crippen LogP contribution in [0.25, 0.3) is 34.5 Å². The first-order valence-electron chi connectivity index (χ1n) is 10.9. The van der Waals surface area contributed by atoms with E-state index in [1.165, 1.54) is 23.3 Å². The van der Waals surface area contributed by atoms with Crippen molar-refractivity contribution >= 4 is 12.2 Å². The molecule has 0 fully saturated rings. The zero-order valence-corrected chi connectivity index (χ0v) is 19.1. The van der Waals surface area contributed by atoms with Gasteiger partial charge in [0.2, 0.25) is 5.69 Å². The minimum atomic E-state index is -0.222. The van der Waals surface area contributed by atoms with Gasteiger partial charge in [0.25, 0.3) is 0 Å². The number of halogens is 1. The second kappa shape index (κ2) is 8.92. The molecule has 1 aromatic heterocycles. The molecular weight excluding hydrogens is 393 g/mol. The predicted molar refractivity (Wildman–Crippen MR) is 133 cm³/mol. The van der Waals surface area contributed by atoms with E-state index in [-0.39, 0.29) is 11.2 Å². The van der Waals surface area contributed by atoms with Crippen molar-refractivity contribution in [2.75, 3.05) is 0 Å². The molecular formula is C30H29FN+.